The summed E-state index contributed by atoms with van der Waals surface area (Å²) in [5.74, 6) is -2.52. The number of primary amides is 1. The van der Waals surface area contributed by atoms with Crippen molar-refractivity contribution in [3.8, 4) is 0 Å². The number of carboxylic acids is 1. The van der Waals surface area contributed by atoms with Crippen LogP contribution in [0.3, 0.4) is 0 Å². The fraction of sp³-hybridized carbons (Fsp3) is 0.333. The first-order valence-corrected chi connectivity index (χ1v) is 3.01. The third-order valence-electron chi connectivity index (χ3n) is 1.24. The van der Waals surface area contributed by atoms with Crippen LogP contribution >= 0.6 is 0 Å². The summed E-state index contributed by atoms with van der Waals surface area (Å²) in [5, 5.41) is 25.4. The molecule has 6 heteroatoms. The molecule has 0 aromatic rings. The highest BCUT2D eigenvalue weighted by atomic mass is 16.4. The summed E-state index contributed by atoms with van der Waals surface area (Å²) in [6.07, 6.45) is 0. The van der Waals surface area contributed by atoms with Gasteiger partial charge in [0.15, 0.2) is 0 Å². The highest BCUT2D eigenvalue weighted by molar-refractivity contribution is 6.01. The molecule has 0 radical (unpaired) electrons. The third-order valence-corrected chi connectivity index (χ3v) is 1.24. The summed E-state index contributed by atoms with van der Waals surface area (Å²) in [4.78, 5) is 20.8. The molecule has 0 saturated carbocycles. The van der Waals surface area contributed by atoms with Crippen LogP contribution in [0.25, 0.3) is 0 Å². The zero-order valence-electron chi connectivity index (χ0n) is 6.15. The minimum absolute atomic E-state index is 0.481. The van der Waals surface area contributed by atoms with Crippen LogP contribution in [0.4, 0.5) is 0 Å². The van der Waals surface area contributed by atoms with E-state index in [0.29, 0.717) is 0 Å². The molecule has 0 atom stereocenters. The van der Waals surface area contributed by atoms with Crippen molar-refractivity contribution in [2.75, 3.05) is 13.2 Å². The van der Waals surface area contributed by atoms with Gasteiger partial charge in [0.05, 0.1) is 24.4 Å². The highest BCUT2D eigenvalue weighted by Gasteiger charge is 2.16. The average molecular weight is 175 g/mol. The summed E-state index contributed by atoms with van der Waals surface area (Å²) in [5.41, 5.74) is 3.67. The first-order valence-electron chi connectivity index (χ1n) is 3.01. The van der Waals surface area contributed by atoms with E-state index in [1.54, 1.807) is 0 Å². The van der Waals surface area contributed by atoms with Crippen molar-refractivity contribution in [3.63, 3.8) is 0 Å². The minimum Gasteiger partial charge on any atom is -0.478 e. The molecule has 1 amide bonds. The van der Waals surface area contributed by atoms with E-state index >= 15 is 0 Å². The second kappa shape index (κ2) is 4.47. The molecule has 0 rings (SSSR count). The van der Waals surface area contributed by atoms with E-state index in [4.69, 9.17) is 21.1 Å². The molecule has 6 nitrogen and oxygen atoms in total. The summed E-state index contributed by atoms with van der Waals surface area (Å²) >= 11 is 0. The first kappa shape index (κ1) is 10.6. The molecule has 12 heavy (non-hydrogen) atoms. The largest absolute Gasteiger partial charge is 0.478 e. The van der Waals surface area contributed by atoms with Crippen molar-refractivity contribution in [2.45, 2.75) is 0 Å². The van der Waals surface area contributed by atoms with Crippen molar-refractivity contribution in [1.82, 2.24) is 0 Å². The Labute approximate surface area is 67.9 Å². The number of hydrogen-bond donors (Lipinski definition) is 4. The lowest BCUT2D eigenvalue weighted by Crippen LogP contribution is -2.22. The molecule has 68 valence electrons. The van der Waals surface area contributed by atoms with Crippen LogP contribution in [0.5, 0.6) is 0 Å². The molecule has 0 bridgehead atoms. The van der Waals surface area contributed by atoms with Crippen molar-refractivity contribution in [2.24, 2.45) is 5.73 Å². The van der Waals surface area contributed by atoms with Crippen LogP contribution in [0, 0.1) is 0 Å². The molecule has 0 saturated heterocycles. The number of aliphatic hydroxyl groups is 2. The number of aliphatic carboxylic acids is 1. The van der Waals surface area contributed by atoms with Crippen LogP contribution in [0.2, 0.25) is 0 Å². The molecule has 0 heterocycles. The van der Waals surface area contributed by atoms with Gasteiger partial charge >= 0.3 is 5.97 Å². The van der Waals surface area contributed by atoms with E-state index in [0.717, 1.165) is 0 Å². The Bertz CT molecular complexity index is 208. The summed E-state index contributed by atoms with van der Waals surface area (Å²) in [7, 11) is 0. The van der Waals surface area contributed by atoms with E-state index in [2.05, 4.69) is 0 Å². The standard InChI is InChI=1S/C6H9NO5/c7-5(10)3(1-8)4(2-9)6(11)12/h8-9H,1-2H2,(H2,7,10)(H,11,12)/b4-3-. The molecular formula is C6H9NO5. The van der Waals surface area contributed by atoms with Crippen LogP contribution in [-0.4, -0.2) is 40.4 Å². The number of hydrogen-bond acceptors (Lipinski definition) is 4. The first-order chi connectivity index (χ1) is 5.54. The van der Waals surface area contributed by atoms with Crippen LogP contribution < -0.4 is 5.73 Å². The van der Waals surface area contributed by atoms with Gasteiger partial charge in [-0.1, -0.05) is 0 Å². The monoisotopic (exact) mass is 175 g/mol. The van der Waals surface area contributed by atoms with Gasteiger partial charge in [-0.3, -0.25) is 4.79 Å². The second-order valence-electron chi connectivity index (χ2n) is 1.94. The smallest absolute Gasteiger partial charge is 0.334 e. The van der Waals surface area contributed by atoms with Gasteiger partial charge in [0, 0.05) is 0 Å². The number of amides is 1. The predicted octanol–water partition coefficient (Wildman–Crippen LogP) is -2.16. The van der Waals surface area contributed by atoms with E-state index < -0.39 is 36.2 Å². The lowest BCUT2D eigenvalue weighted by molar-refractivity contribution is -0.133. The Morgan fingerprint density at radius 1 is 1.08 bits per heavy atom. The van der Waals surface area contributed by atoms with Gasteiger partial charge in [0.25, 0.3) is 0 Å². The minimum atomic E-state index is -1.47. The van der Waals surface area contributed by atoms with Crippen molar-refractivity contribution >= 4 is 11.9 Å². The summed E-state index contributed by atoms with van der Waals surface area (Å²) in [6, 6.07) is 0. The SMILES string of the molecule is NC(=O)/C(CO)=C(/CO)C(=O)O. The quantitative estimate of drug-likeness (QED) is 0.362. The Balaban J connectivity index is 5.01. The van der Waals surface area contributed by atoms with E-state index in [1.165, 1.54) is 0 Å². The topological polar surface area (TPSA) is 121 Å². The lowest BCUT2D eigenvalue weighted by atomic mass is 10.1. The molecule has 0 aromatic carbocycles. The maximum absolute atomic E-state index is 10.5. The normalized spacial score (nSPS) is 12.2. The Kier molecular flexibility index (Phi) is 3.95. The molecule has 0 aromatic heterocycles. The van der Waals surface area contributed by atoms with Crippen molar-refractivity contribution in [3.05, 3.63) is 11.1 Å². The van der Waals surface area contributed by atoms with E-state index in [9.17, 15) is 9.59 Å². The number of carbonyl (C=O) groups is 2. The predicted molar refractivity (Wildman–Crippen MR) is 38.0 cm³/mol. The number of nitrogens with two attached hydrogens (primary N) is 1. The van der Waals surface area contributed by atoms with E-state index in [1.807, 2.05) is 0 Å². The van der Waals surface area contributed by atoms with Gasteiger partial charge in [0.2, 0.25) is 5.91 Å². The summed E-state index contributed by atoms with van der Waals surface area (Å²) < 4.78 is 0. The van der Waals surface area contributed by atoms with Gasteiger partial charge in [-0.25, -0.2) is 4.79 Å². The maximum atomic E-state index is 10.5. The van der Waals surface area contributed by atoms with Gasteiger partial charge in [-0.15, -0.1) is 0 Å². The fourth-order valence-corrected chi connectivity index (χ4v) is 0.614. The Morgan fingerprint density at radius 3 is 1.58 bits per heavy atom. The molecule has 0 fully saturated rings. The number of aliphatic hydroxyl groups excluding tert-OH is 2. The lowest BCUT2D eigenvalue weighted by Gasteiger charge is -2.02. The zero-order valence-corrected chi connectivity index (χ0v) is 6.15. The van der Waals surface area contributed by atoms with Gasteiger partial charge < -0.3 is 21.1 Å². The Morgan fingerprint density at radius 2 is 1.50 bits per heavy atom. The molecular weight excluding hydrogens is 166 g/mol. The Hall–Kier alpha value is -1.40. The molecule has 0 aliphatic carbocycles. The molecule has 0 spiro atoms. The number of rotatable bonds is 4. The third kappa shape index (κ3) is 2.33. The van der Waals surface area contributed by atoms with Crippen LogP contribution in [0.15, 0.2) is 11.1 Å². The fourth-order valence-electron chi connectivity index (χ4n) is 0.614. The number of carboxylic acid groups (broad SMARTS) is 1. The van der Waals surface area contributed by atoms with Crippen LogP contribution in [0.1, 0.15) is 0 Å². The van der Waals surface area contributed by atoms with E-state index in [-0.39, 0.29) is 0 Å². The van der Waals surface area contributed by atoms with Gasteiger partial charge in [-0.05, 0) is 0 Å². The average Bonchev–Trinajstić information content (AvgIpc) is 1.98. The number of carbonyl (C=O) groups excluding carboxylic acids is 1. The molecule has 5 N–H and O–H groups in total. The van der Waals surface area contributed by atoms with Gasteiger partial charge in [-0.2, -0.15) is 0 Å². The zero-order chi connectivity index (χ0) is 9.72. The van der Waals surface area contributed by atoms with Crippen molar-refractivity contribution < 1.29 is 24.9 Å². The molecule has 0 aliphatic heterocycles. The van der Waals surface area contributed by atoms with Gasteiger partial charge in [0.1, 0.15) is 0 Å². The summed E-state index contributed by atoms with van der Waals surface area (Å²) in [6.45, 7) is -1.63. The van der Waals surface area contributed by atoms with Crippen LogP contribution in [-0.2, 0) is 9.59 Å². The molecule has 0 unspecified atom stereocenters. The molecule has 0 aliphatic rings. The maximum Gasteiger partial charge on any atom is 0.334 e. The highest BCUT2D eigenvalue weighted by Crippen LogP contribution is 2.02. The second-order valence-corrected chi connectivity index (χ2v) is 1.94. The van der Waals surface area contributed by atoms with Crippen molar-refractivity contribution in [1.29, 1.82) is 0 Å².